The molecule has 0 radical (unpaired) electrons. The summed E-state index contributed by atoms with van der Waals surface area (Å²) in [4.78, 5) is 3.83. The fraction of sp³-hybridized carbons (Fsp3) is 0.167. The van der Waals surface area contributed by atoms with Crippen molar-refractivity contribution in [2.24, 2.45) is 0 Å². The van der Waals surface area contributed by atoms with Gasteiger partial charge in [-0.1, -0.05) is 17.7 Å². The zero-order chi connectivity index (χ0) is 6.69. The first-order valence-corrected chi connectivity index (χ1v) is 3.40. The zero-order valence-corrected chi connectivity index (χ0v) is 6.15. The van der Waals surface area contributed by atoms with E-state index in [1.807, 2.05) is 6.07 Å². The molecule has 1 rings (SSSR count). The van der Waals surface area contributed by atoms with E-state index in [1.54, 1.807) is 12.3 Å². The lowest BCUT2D eigenvalue weighted by Crippen LogP contribution is -1.78. The van der Waals surface area contributed by atoms with Gasteiger partial charge in [0.2, 0.25) is 0 Å². The Balaban J connectivity index is 2.88. The summed E-state index contributed by atoms with van der Waals surface area (Å²) < 4.78 is 0. The van der Waals surface area contributed by atoms with Crippen LogP contribution in [0.4, 0.5) is 0 Å². The minimum atomic E-state index is 0.490. The van der Waals surface area contributed by atoms with E-state index in [2.05, 4.69) is 4.98 Å². The third kappa shape index (κ3) is 1.84. The fourth-order valence-corrected chi connectivity index (χ4v) is 0.755. The van der Waals surface area contributed by atoms with Gasteiger partial charge in [0, 0.05) is 12.1 Å². The number of pyridine rings is 1. The van der Waals surface area contributed by atoms with Crippen molar-refractivity contribution in [1.82, 2.24) is 4.98 Å². The zero-order valence-electron chi connectivity index (χ0n) is 4.64. The van der Waals surface area contributed by atoms with Crippen molar-refractivity contribution in [2.45, 2.75) is 5.88 Å². The molecule has 0 fully saturated rings. The van der Waals surface area contributed by atoms with Crippen LogP contribution in [-0.4, -0.2) is 4.98 Å². The monoisotopic (exact) mass is 162 g/mol. The van der Waals surface area contributed by atoms with Crippen molar-refractivity contribution >= 4 is 23.2 Å². The van der Waals surface area contributed by atoms with Crippen molar-refractivity contribution < 1.29 is 0 Å². The van der Waals surface area contributed by atoms with Crippen molar-refractivity contribution in [2.75, 3.05) is 0 Å². The molecule has 1 nitrogen and oxygen atoms in total. The van der Waals surface area contributed by atoms with E-state index < -0.39 is 0 Å². The molecule has 0 amide bonds. The van der Waals surface area contributed by atoms with Gasteiger partial charge in [0.15, 0.2) is 0 Å². The summed E-state index contributed by atoms with van der Waals surface area (Å²) in [6.07, 6.45) is 1.66. The van der Waals surface area contributed by atoms with Crippen LogP contribution in [0.15, 0.2) is 18.3 Å². The first-order chi connectivity index (χ1) is 4.33. The summed E-state index contributed by atoms with van der Waals surface area (Å²) >= 11 is 11.0. The van der Waals surface area contributed by atoms with Crippen molar-refractivity contribution in [1.29, 1.82) is 0 Å². The lowest BCUT2D eigenvalue weighted by atomic mass is 10.3. The van der Waals surface area contributed by atoms with Crippen molar-refractivity contribution in [3.63, 3.8) is 0 Å². The highest BCUT2D eigenvalue weighted by Crippen LogP contribution is 2.06. The molecule has 0 N–H and O–H groups in total. The van der Waals surface area contributed by atoms with Gasteiger partial charge in [-0.25, -0.2) is 4.98 Å². The standard InChI is InChI=1S/C6H5Cl2N/c7-3-5-1-2-6(8)9-4-5/h1-2,4H,3H2/i9+1. The molecule has 0 spiro atoms. The van der Waals surface area contributed by atoms with Crippen LogP contribution in [0.25, 0.3) is 0 Å². The second-order valence-electron chi connectivity index (χ2n) is 1.62. The molecule has 0 saturated carbocycles. The smallest absolute Gasteiger partial charge is 0.129 e. The molecule has 9 heavy (non-hydrogen) atoms. The first kappa shape index (κ1) is 6.84. The molecule has 1 aromatic heterocycles. The second kappa shape index (κ2) is 3.04. The predicted molar refractivity (Wildman–Crippen MR) is 38.8 cm³/mol. The third-order valence-corrected chi connectivity index (χ3v) is 1.48. The van der Waals surface area contributed by atoms with Crippen LogP contribution in [0.2, 0.25) is 5.15 Å². The summed E-state index contributed by atoms with van der Waals surface area (Å²) in [7, 11) is 0. The minimum absolute atomic E-state index is 0.490. The summed E-state index contributed by atoms with van der Waals surface area (Å²) in [6.45, 7) is 0. The highest BCUT2D eigenvalue weighted by molar-refractivity contribution is 6.29. The molecule has 0 atom stereocenters. The molecule has 0 saturated heterocycles. The number of halogens is 2. The lowest BCUT2D eigenvalue weighted by molar-refractivity contribution is 1.25. The Morgan fingerprint density at radius 1 is 1.44 bits per heavy atom. The Morgan fingerprint density at radius 3 is 2.67 bits per heavy atom. The van der Waals surface area contributed by atoms with Gasteiger partial charge in [-0.3, -0.25) is 0 Å². The van der Waals surface area contributed by atoms with E-state index in [0.717, 1.165) is 5.56 Å². The minimum Gasteiger partial charge on any atom is -0.244 e. The molecule has 0 aliphatic rings. The summed E-state index contributed by atoms with van der Waals surface area (Å²) in [5.74, 6) is 0.490. The predicted octanol–water partition coefficient (Wildman–Crippen LogP) is 2.47. The quantitative estimate of drug-likeness (QED) is 0.457. The van der Waals surface area contributed by atoms with Gasteiger partial charge in [0.05, 0.1) is 0 Å². The van der Waals surface area contributed by atoms with Crippen LogP contribution in [0.5, 0.6) is 0 Å². The van der Waals surface area contributed by atoms with E-state index in [-0.39, 0.29) is 0 Å². The van der Waals surface area contributed by atoms with Crippen LogP contribution in [0.3, 0.4) is 0 Å². The Morgan fingerprint density at radius 2 is 2.22 bits per heavy atom. The number of nitrogens with zero attached hydrogens (tertiary/aromatic N) is 1. The molecule has 0 aliphatic heterocycles. The van der Waals surface area contributed by atoms with E-state index >= 15 is 0 Å². The molecular formula is C6H5Cl2N. The Kier molecular flexibility index (Phi) is 2.31. The highest BCUT2D eigenvalue weighted by atomic mass is 35.5. The topological polar surface area (TPSA) is 12.9 Å². The summed E-state index contributed by atoms with van der Waals surface area (Å²) in [5, 5.41) is 0.504. The molecule has 0 unspecified atom stereocenters. The van der Waals surface area contributed by atoms with Crippen LogP contribution in [0.1, 0.15) is 5.56 Å². The van der Waals surface area contributed by atoms with Gasteiger partial charge in [-0.2, -0.15) is 0 Å². The number of alkyl halides is 1. The largest absolute Gasteiger partial charge is 0.244 e. The second-order valence-corrected chi connectivity index (χ2v) is 2.28. The lowest BCUT2D eigenvalue weighted by Gasteiger charge is -1.91. The molecule has 0 aromatic carbocycles. The number of rotatable bonds is 1. The van der Waals surface area contributed by atoms with Crippen molar-refractivity contribution in [3.05, 3.63) is 29.0 Å². The van der Waals surface area contributed by atoms with E-state index in [1.165, 1.54) is 0 Å². The highest BCUT2D eigenvalue weighted by Gasteiger charge is 1.88. The summed E-state index contributed by atoms with van der Waals surface area (Å²) in [6, 6.07) is 3.57. The van der Waals surface area contributed by atoms with Gasteiger partial charge in [-0.05, 0) is 11.6 Å². The first-order valence-electron chi connectivity index (χ1n) is 2.49. The van der Waals surface area contributed by atoms with Gasteiger partial charge in [0.25, 0.3) is 0 Å². The molecule has 0 aliphatic carbocycles. The van der Waals surface area contributed by atoms with E-state index in [9.17, 15) is 0 Å². The van der Waals surface area contributed by atoms with E-state index in [0.29, 0.717) is 11.0 Å². The normalized spacial score (nSPS) is 9.56. The fourth-order valence-electron chi connectivity index (χ4n) is 0.485. The molecule has 0 bridgehead atoms. The molecule has 1 aromatic rings. The Bertz CT molecular complexity index is 183. The molecule has 1 heterocycles. The maximum Gasteiger partial charge on any atom is 0.129 e. The third-order valence-electron chi connectivity index (χ3n) is 0.943. The van der Waals surface area contributed by atoms with Crippen LogP contribution < -0.4 is 0 Å². The maximum absolute atomic E-state index is 5.51. The SMILES string of the molecule is ClCc1ccc(Cl)[15n]c1. The summed E-state index contributed by atoms with van der Waals surface area (Å²) in [5.41, 5.74) is 0.987. The van der Waals surface area contributed by atoms with Gasteiger partial charge >= 0.3 is 0 Å². The van der Waals surface area contributed by atoms with Crippen molar-refractivity contribution in [3.8, 4) is 0 Å². The van der Waals surface area contributed by atoms with Crippen LogP contribution in [-0.2, 0) is 5.88 Å². The number of hydrogen-bond acceptors (Lipinski definition) is 1. The number of hydrogen-bond donors (Lipinski definition) is 0. The average molecular weight is 163 g/mol. The van der Waals surface area contributed by atoms with Crippen LogP contribution >= 0.6 is 23.2 Å². The van der Waals surface area contributed by atoms with Crippen LogP contribution in [0, 0.1) is 0 Å². The van der Waals surface area contributed by atoms with E-state index in [4.69, 9.17) is 23.2 Å². The average Bonchev–Trinajstić information content (AvgIpc) is 1.90. The molecule has 48 valence electrons. The van der Waals surface area contributed by atoms with Gasteiger partial charge < -0.3 is 0 Å². The molecule has 3 heteroatoms. The number of aromatic nitrogens is 1. The Hall–Kier alpha value is -0.270. The van der Waals surface area contributed by atoms with Gasteiger partial charge in [0.1, 0.15) is 5.15 Å². The maximum atomic E-state index is 5.51. The Labute approximate surface area is 63.6 Å². The molecular weight excluding hydrogens is 158 g/mol. The van der Waals surface area contributed by atoms with Gasteiger partial charge in [-0.15, -0.1) is 11.6 Å².